The molecule has 0 saturated heterocycles. The number of aliphatic carboxylic acids is 1. The molecule has 6 heteroatoms. The Balaban J connectivity index is 2.42. The van der Waals surface area contributed by atoms with E-state index in [0.717, 1.165) is 5.56 Å². The number of nitrogens with one attached hydrogen (secondary N) is 1. The van der Waals surface area contributed by atoms with Crippen LogP contribution in [0.2, 0.25) is 0 Å². The van der Waals surface area contributed by atoms with E-state index in [1.165, 1.54) is 0 Å². The molecule has 116 valence electrons. The minimum atomic E-state index is -1.05. The monoisotopic (exact) mass is 295 g/mol. The summed E-state index contributed by atoms with van der Waals surface area (Å²) >= 11 is 0. The van der Waals surface area contributed by atoms with E-state index in [9.17, 15) is 9.59 Å². The second kappa shape index (κ2) is 7.75. The van der Waals surface area contributed by atoms with Crippen molar-refractivity contribution in [3.05, 3.63) is 35.9 Å². The molecular formula is C15H21NO5. The molecule has 1 aromatic rings. The molecule has 6 nitrogen and oxygen atoms in total. The first-order valence-corrected chi connectivity index (χ1v) is 6.64. The van der Waals surface area contributed by atoms with Crippen LogP contribution in [0.25, 0.3) is 0 Å². The van der Waals surface area contributed by atoms with Crippen molar-refractivity contribution in [1.29, 1.82) is 0 Å². The lowest BCUT2D eigenvalue weighted by Crippen LogP contribution is -2.40. The molecule has 0 aromatic heterocycles. The number of hydrogen-bond donors (Lipinski definition) is 2. The summed E-state index contributed by atoms with van der Waals surface area (Å²) in [4.78, 5) is 27.5. The smallest absolute Gasteiger partial charge is 0.334 e. The molecule has 1 atom stereocenters. The van der Waals surface area contributed by atoms with Crippen LogP contribution in [-0.2, 0) is 25.6 Å². The molecule has 1 unspecified atom stereocenters. The van der Waals surface area contributed by atoms with Crippen LogP contribution in [0.4, 0.5) is 0 Å². The molecule has 0 amide bonds. The van der Waals surface area contributed by atoms with E-state index >= 15 is 0 Å². The number of carboxylic acids is 1. The Labute approximate surface area is 124 Å². The summed E-state index contributed by atoms with van der Waals surface area (Å²) in [7, 11) is 0. The number of carbonyl (C=O) groups is 2. The lowest BCUT2D eigenvalue weighted by molar-refractivity contribution is -0.166. The highest BCUT2D eigenvalue weighted by Gasteiger charge is 2.20. The number of benzene rings is 1. The molecule has 0 aliphatic carbocycles. The molecule has 0 aliphatic heterocycles. The Morgan fingerprint density at radius 3 is 2.38 bits per heavy atom. The van der Waals surface area contributed by atoms with E-state index in [1.807, 2.05) is 30.3 Å². The number of carbonyl (C=O) groups excluding carboxylic acids is 1. The minimum Gasteiger partial charge on any atom is -0.480 e. The fraction of sp³-hybridized carbons (Fsp3) is 0.467. The lowest BCUT2D eigenvalue weighted by atomic mass is 10.1. The van der Waals surface area contributed by atoms with Crippen LogP contribution in [-0.4, -0.2) is 35.3 Å². The van der Waals surface area contributed by atoms with Crippen molar-refractivity contribution in [3.63, 3.8) is 0 Å². The van der Waals surface area contributed by atoms with Crippen molar-refractivity contribution in [2.75, 3.05) is 6.61 Å². The van der Waals surface area contributed by atoms with Crippen molar-refractivity contribution in [2.24, 2.45) is 0 Å². The van der Waals surface area contributed by atoms with Gasteiger partial charge in [0.25, 0.3) is 0 Å². The average Bonchev–Trinajstić information content (AvgIpc) is 2.36. The van der Waals surface area contributed by atoms with E-state index in [2.05, 4.69) is 5.48 Å². The summed E-state index contributed by atoms with van der Waals surface area (Å²) in [5.41, 5.74) is 2.64. The van der Waals surface area contributed by atoms with Crippen molar-refractivity contribution >= 4 is 11.9 Å². The summed E-state index contributed by atoms with van der Waals surface area (Å²) in [6.45, 7) is 4.88. The number of hydroxylamine groups is 1. The van der Waals surface area contributed by atoms with Crippen LogP contribution in [0.3, 0.4) is 0 Å². The first-order valence-electron chi connectivity index (χ1n) is 6.64. The normalized spacial score (nSPS) is 12.7. The number of ether oxygens (including phenoxy) is 1. The maximum atomic E-state index is 11.4. The van der Waals surface area contributed by atoms with Gasteiger partial charge >= 0.3 is 11.9 Å². The molecule has 0 fully saturated rings. The summed E-state index contributed by atoms with van der Waals surface area (Å²) in [5.74, 6) is -1.61. The molecule has 0 radical (unpaired) electrons. The molecule has 21 heavy (non-hydrogen) atoms. The van der Waals surface area contributed by atoms with Crippen LogP contribution < -0.4 is 5.48 Å². The third-order valence-electron chi connectivity index (χ3n) is 2.42. The number of esters is 1. The van der Waals surface area contributed by atoms with Crippen LogP contribution in [0, 0.1) is 0 Å². The summed E-state index contributed by atoms with van der Waals surface area (Å²) < 4.78 is 5.05. The van der Waals surface area contributed by atoms with Crippen molar-refractivity contribution < 1.29 is 24.3 Å². The van der Waals surface area contributed by atoms with Crippen LogP contribution in [0.1, 0.15) is 26.3 Å². The Hall–Kier alpha value is -1.92. The zero-order valence-electron chi connectivity index (χ0n) is 12.5. The summed E-state index contributed by atoms with van der Waals surface area (Å²) in [6.07, 6.45) is 0.254. The number of rotatable bonds is 7. The quantitative estimate of drug-likeness (QED) is 0.586. The topological polar surface area (TPSA) is 84.9 Å². The zero-order chi connectivity index (χ0) is 15.9. The number of carboxylic acid groups (broad SMARTS) is 1. The molecule has 0 spiro atoms. The Morgan fingerprint density at radius 2 is 1.86 bits per heavy atom. The Kier molecular flexibility index (Phi) is 6.33. The van der Waals surface area contributed by atoms with Gasteiger partial charge in [-0.2, -0.15) is 5.48 Å². The average molecular weight is 295 g/mol. The maximum absolute atomic E-state index is 11.4. The molecule has 1 aromatic carbocycles. The lowest BCUT2D eigenvalue weighted by Gasteiger charge is -2.20. The van der Waals surface area contributed by atoms with E-state index in [-0.39, 0.29) is 13.0 Å². The third-order valence-corrected chi connectivity index (χ3v) is 2.42. The Morgan fingerprint density at radius 1 is 1.24 bits per heavy atom. The number of hydrogen-bond acceptors (Lipinski definition) is 5. The van der Waals surface area contributed by atoms with Gasteiger partial charge in [-0.25, -0.2) is 4.79 Å². The molecule has 1 rings (SSSR count). The van der Waals surface area contributed by atoms with Crippen molar-refractivity contribution in [3.8, 4) is 0 Å². The molecule has 0 aliphatic rings. The zero-order valence-corrected chi connectivity index (χ0v) is 12.5. The van der Waals surface area contributed by atoms with E-state index < -0.39 is 23.6 Å². The molecule has 0 heterocycles. The van der Waals surface area contributed by atoms with E-state index in [1.54, 1.807) is 20.8 Å². The van der Waals surface area contributed by atoms with Crippen LogP contribution >= 0.6 is 0 Å². The van der Waals surface area contributed by atoms with Gasteiger partial charge in [0.05, 0.1) is 0 Å². The molecular weight excluding hydrogens is 274 g/mol. The standard InChI is InChI=1S/C15H21NO5/c1-15(2,3)21-13(17)10-20-16-12(14(18)19)9-11-7-5-4-6-8-11/h4-8,12,16H,9-10H2,1-3H3,(H,18,19). The van der Waals surface area contributed by atoms with Gasteiger partial charge in [0.15, 0.2) is 6.61 Å². The summed E-state index contributed by atoms with van der Waals surface area (Å²) in [6, 6.07) is 8.23. The SMILES string of the molecule is CC(C)(C)OC(=O)CONC(Cc1ccccc1)C(=O)O. The largest absolute Gasteiger partial charge is 0.480 e. The second-order valence-corrected chi connectivity index (χ2v) is 5.57. The highest BCUT2D eigenvalue weighted by molar-refractivity contribution is 5.74. The Bertz CT molecular complexity index is 467. The fourth-order valence-corrected chi connectivity index (χ4v) is 1.60. The summed E-state index contributed by atoms with van der Waals surface area (Å²) in [5, 5.41) is 9.13. The van der Waals surface area contributed by atoms with Crippen LogP contribution in [0.5, 0.6) is 0 Å². The minimum absolute atomic E-state index is 0.254. The van der Waals surface area contributed by atoms with Gasteiger partial charge in [0, 0.05) is 6.42 Å². The maximum Gasteiger partial charge on any atom is 0.334 e. The first kappa shape index (κ1) is 17.1. The van der Waals surface area contributed by atoms with Crippen molar-refractivity contribution in [2.45, 2.75) is 38.8 Å². The third kappa shape index (κ3) is 7.43. The van der Waals surface area contributed by atoms with Gasteiger partial charge in [-0.1, -0.05) is 30.3 Å². The molecule has 0 saturated carbocycles. The fourth-order valence-electron chi connectivity index (χ4n) is 1.60. The molecule has 2 N–H and O–H groups in total. The first-order chi connectivity index (χ1) is 9.78. The highest BCUT2D eigenvalue weighted by Crippen LogP contribution is 2.07. The van der Waals surface area contributed by atoms with Gasteiger partial charge in [0.2, 0.25) is 0 Å². The van der Waals surface area contributed by atoms with Gasteiger partial charge in [-0.15, -0.1) is 0 Å². The predicted molar refractivity (Wildman–Crippen MR) is 76.5 cm³/mol. The van der Waals surface area contributed by atoms with Gasteiger partial charge in [0.1, 0.15) is 11.6 Å². The van der Waals surface area contributed by atoms with Crippen molar-refractivity contribution in [1.82, 2.24) is 5.48 Å². The van der Waals surface area contributed by atoms with Gasteiger partial charge in [-0.3, -0.25) is 9.63 Å². The second-order valence-electron chi connectivity index (χ2n) is 5.57. The van der Waals surface area contributed by atoms with Crippen LogP contribution in [0.15, 0.2) is 30.3 Å². The predicted octanol–water partition coefficient (Wildman–Crippen LogP) is 1.55. The van der Waals surface area contributed by atoms with Gasteiger partial charge in [-0.05, 0) is 26.3 Å². The highest BCUT2D eigenvalue weighted by atomic mass is 16.7. The van der Waals surface area contributed by atoms with Gasteiger partial charge < -0.3 is 9.84 Å². The van der Waals surface area contributed by atoms with E-state index in [0.29, 0.717) is 0 Å². The molecule has 0 bridgehead atoms. The van der Waals surface area contributed by atoms with E-state index in [4.69, 9.17) is 14.7 Å².